The number of nitrogens with one attached hydrogen (secondary N) is 1. The molecule has 0 unspecified atom stereocenters. The van der Waals surface area contributed by atoms with E-state index in [1.807, 2.05) is 49.9 Å². The highest BCUT2D eigenvalue weighted by Crippen LogP contribution is 2.72. The lowest BCUT2D eigenvalue weighted by Gasteiger charge is -2.24. The number of pyridine rings is 1. The molecule has 10 heteroatoms. The lowest BCUT2D eigenvalue weighted by atomic mass is 10.0. The summed E-state index contributed by atoms with van der Waals surface area (Å²) >= 11 is 1.88. The number of nitrogens with zero attached hydrogens (tertiary/aromatic N) is 4. The first-order chi connectivity index (χ1) is 20.8. The average molecular weight is 595 g/mol. The predicted octanol–water partition coefficient (Wildman–Crippen LogP) is 6.06. The second-order valence-electron chi connectivity index (χ2n) is 12.3. The van der Waals surface area contributed by atoms with E-state index >= 15 is 0 Å². The van der Waals surface area contributed by atoms with Crippen molar-refractivity contribution in [3.63, 3.8) is 0 Å². The number of benzene rings is 2. The van der Waals surface area contributed by atoms with Crippen LogP contribution in [-0.4, -0.2) is 50.4 Å². The van der Waals surface area contributed by atoms with E-state index in [4.69, 9.17) is 24.9 Å². The Kier molecular flexibility index (Phi) is 6.12. The van der Waals surface area contributed by atoms with Crippen molar-refractivity contribution < 1.29 is 14.2 Å². The molecule has 5 atom stereocenters. The molecule has 8 rings (SSSR count). The van der Waals surface area contributed by atoms with E-state index in [1.165, 1.54) is 10.5 Å². The summed E-state index contributed by atoms with van der Waals surface area (Å²) in [6.07, 6.45) is 4.70. The first kappa shape index (κ1) is 26.7. The van der Waals surface area contributed by atoms with Gasteiger partial charge in [0.1, 0.15) is 35.5 Å². The molecule has 3 aliphatic rings. The third-order valence-electron chi connectivity index (χ3n) is 9.29. The fraction of sp³-hybridized carbons (Fsp3) is 0.364. The number of hydrogen-bond acceptors (Lipinski definition) is 9. The summed E-state index contributed by atoms with van der Waals surface area (Å²) in [5.41, 5.74) is 9.21. The summed E-state index contributed by atoms with van der Waals surface area (Å²) in [4.78, 5) is 14.9. The van der Waals surface area contributed by atoms with Gasteiger partial charge in [0.25, 0.3) is 0 Å². The van der Waals surface area contributed by atoms with Gasteiger partial charge < -0.3 is 29.8 Å². The molecule has 0 radical (unpaired) electrons. The van der Waals surface area contributed by atoms with Crippen LogP contribution in [-0.2, 0) is 16.0 Å². The van der Waals surface area contributed by atoms with Crippen LogP contribution in [0.25, 0.3) is 21.9 Å². The zero-order valence-corrected chi connectivity index (χ0v) is 25.2. The first-order valence-electron chi connectivity index (χ1n) is 14.7. The summed E-state index contributed by atoms with van der Waals surface area (Å²) in [5, 5.41) is 5.46. The van der Waals surface area contributed by atoms with E-state index in [2.05, 4.69) is 62.4 Å². The van der Waals surface area contributed by atoms with Gasteiger partial charge in [-0.05, 0) is 74.2 Å². The smallest absolute Gasteiger partial charge is 0.163 e. The maximum absolute atomic E-state index is 6.61. The van der Waals surface area contributed by atoms with Crippen LogP contribution < -0.4 is 15.8 Å². The van der Waals surface area contributed by atoms with Gasteiger partial charge in [0.15, 0.2) is 5.79 Å². The summed E-state index contributed by atoms with van der Waals surface area (Å²) in [5.74, 6) is 2.97. The Labute approximate surface area is 254 Å². The predicted molar refractivity (Wildman–Crippen MR) is 168 cm³/mol. The normalized spacial score (nSPS) is 26.9. The maximum atomic E-state index is 6.61. The van der Waals surface area contributed by atoms with Gasteiger partial charge >= 0.3 is 0 Å². The van der Waals surface area contributed by atoms with E-state index < -0.39 is 5.79 Å². The van der Waals surface area contributed by atoms with E-state index in [9.17, 15) is 0 Å². The number of nitrogen functional groups attached to an aromatic ring is 1. The Hall–Kier alpha value is -3.86. The number of fused-ring (bicyclic) bond motifs is 5. The molecular weight excluding hydrogens is 560 g/mol. The van der Waals surface area contributed by atoms with E-state index in [0.29, 0.717) is 18.3 Å². The van der Waals surface area contributed by atoms with Gasteiger partial charge in [0, 0.05) is 34.2 Å². The molecule has 0 amide bonds. The number of ether oxygens (including phenoxy) is 3. The molecule has 3 N–H and O–H groups in total. The molecule has 0 bridgehead atoms. The van der Waals surface area contributed by atoms with Crippen LogP contribution in [0.3, 0.4) is 0 Å². The van der Waals surface area contributed by atoms with Gasteiger partial charge in [-0.1, -0.05) is 18.2 Å². The second-order valence-corrected chi connectivity index (χ2v) is 13.4. The standard InChI is InChI=1S/C33H34N6O3S/c1-32(2)41-28-27(39-13-12-23-30(34)36-18-37-31(23)39)24-15-33(24,29(28)42-32)17-43-22-10-6-20-7-11-26(38-25(20)14-22)35-16-19-4-8-21(40-3)9-5-19/h4-14,18,24,27-29H,15-17H2,1-3H3,(H,35,38)(H2,34,36,37)/t24-,27-,28+,29+,33+/m1/s1. The van der Waals surface area contributed by atoms with Crippen molar-refractivity contribution in [3.05, 3.63) is 78.8 Å². The third kappa shape index (κ3) is 4.51. The van der Waals surface area contributed by atoms with Crippen LogP contribution >= 0.6 is 11.8 Å². The van der Waals surface area contributed by atoms with Crippen molar-refractivity contribution in [2.24, 2.45) is 11.3 Å². The SMILES string of the molecule is COc1ccc(CNc2ccc3ccc(SC[C@@]45C[C@@H]4[C@@H](n4ccc6c(N)ncnc64)[C@@H]4OC(C)(C)O[C@@H]45)cc3n2)cc1. The Bertz CT molecular complexity index is 1840. The molecule has 2 saturated carbocycles. The molecule has 5 aromatic rings. The zero-order valence-electron chi connectivity index (χ0n) is 24.4. The summed E-state index contributed by atoms with van der Waals surface area (Å²) in [6.45, 7) is 4.73. The largest absolute Gasteiger partial charge is 0.497 e. The molecule has 2 aromatic carbocycles. The first-order valence-corrected chi connectivity index (χ1v) is 15.7. The number of thioether (sulfide) groups is 1. The number of anilines is 2. The van der Waals surface area contributed by atoms with Crippen LogP contribution in [0.15, 0.2) is 78.1 Å². The van der Waals surface area contributed by atoms with Crippen molar-refractivity contribution in [3.8, 4) is 5.75 Å². The Morgan fingerprint density at radius 3 is 2.74 bits per heavy atom. The zero-order chi connectivity index (χ0) is 29.3. The van der Waals surface area contributed by atoms with Crippen molar-refractivity contribution in [1.29, 1.82) is 0 Å². The highest BCUT2D eigenvalue weighted by atomic mass is 32.2. The lowest BCUT2D eigenvalue weighted by molar-refractivity contribution is -0.160. The van der Waals surface area contributed by atoms with Gasteiger partial charge in [0.05, 0.1) is 30.2 Å². The average Bonchev–Trinajstić information content (AvgIpc) is 3.26. The van der Waals surface area contributed by atoms with Crippen LogP contribution in [0.4, 0.5) is 11.6 Å². The van der Waals surface area contributed by atoms with Crippen molar-refractivity contribution >= 4 is 45.3 Å². The van der Waals surface area contributed by atoms with Crippen LogP contribution in [0.1, 0.15) is 31.9 Å². The molecule has 4 heterocycles. The van der Waals surface area contributed by atoms with Crippen LogP contribution in [0.2, 0.25) is 0 Å². The van der Waals surface area contributed by atoms with Gasteiger partial charge in [-0.25, -0.2) is 15.0 Å². The molecule has 43 heavy (non-hydrogen) atoms. The lowest BCUT2D eigenvalue weighted by Crippen LogP contribution is -2.32. The number of aromatic nitrogens is 4. The highest BCUT2D eigenvalue weighted by Gasteiger charge is 2.75. The number of hydrogen-bond donors (Lipinski definition) is 2. The fourth-order valence-electron chi connectivity index (χ4n) is 7.12. The topological polar surface area (TPSA) is 109 Å². The Morgan fingerprint density at radius 2 is 1.91 bits per heavy atom. The molecule has 0 spiro atoms. The van der Waals surface area contributed by atoms with Gasteiger partial charge in [0.2, 0.25) is 0 Å². The highest BCUT2D eigenvalue weighted by molar-refractivity contribution is 7.99. The maximum Gasteiger partial charge on any atom is 0.163 e. The summed E-state index contributed by atoms with van der Waals surface area (Å²) in [7, 11) is 1.68. The van der Waals surface area contributed by atoms with Gasteiger partial charge in [-0.2, -0.15) is 0 Å². The molecule has 1 aliphatic heterocycles. The Balaban J connectivity index is 1.02. The van der Waals surface area contributed by atoms with Gasteiger partial charge in [-0.3, -0.25) is 0 Å². The molecule has 9 nitrogen and oxygen atoms in total. The van der Waals surface area contributed by atoms with Crippen molar-refractivity contribution in [2.75, 3.05) is 23.9 Å². The molecule has 1 saturated heterocycles. The van der Waals surface area contributed by atoms with Crippen molar-refractivity contribution in [1.82, 2.24) is 19.5 Å². The Morgan fingerprint density at radius 1 is 1.07 bits per heavy atom. The molecule has 2 aliphatic carbocycles. The van der Waals surface area contributed by atoms with Crippen LogP contribution in [0, 0.1) is 11.3 Å². The quantitative estimate of drug-likeness (QED) is 0.207. The minimum absolute atomic E-state index is 0.0222. The number of methoxy groups -OCH3 is 1. The second kappa shape index (κ2) is 9.83. The minimum Gasteiger partial charge on any atom is -0.497 e. The minimum atomic E-state index is -0.627. The molecular formula is C33H34N6O3S. The van der Waals surface area contributed by atoms with Gasteiger partial charge in [-0.15, -0.1) is 11.8 Å². The molecule has 3 aromatic heterocycles. The van der Waals surface area contributed by atoms with E-state index in [-0.39, 0.29) is 23.7 Å². The van der Waals surface area contributed by atoms with Crippen molar-refractivity contribution in [2.45, 2.75) is 55.7 Å². The van der Waals surface area contributed by atoms with E-state index in [1.54, 1.807) is 13.4 Å². The summed E-state index contributed by atoms with van der Waals surface area (Å²) in [6, 6.07) is 20.9. The number of nitrogens with two attached hydrogens (primary N) is 1. The monoisotopic (exact) mass is 594 g/mol. The third-order valence-corrected chi connectivity index (χ3v) is 10.6. The summed E-state index contributed by atoms with van der Waals surface area (Å²) < 4.78 is 20.7. The molecule has 3 fully saturated rings. The van der Waals surface area contributed by atoms with E-state index in [0.717, 1.165) is 45.7 Å². The fourth-order valence-corrected chi connectivity index (χ4v) is 8.41. The van der Waals surface area contributed by atoms with Crippen LogP contribution in [0.5, 0.6) is 5.75 Å². The molecule has 220 valence electrons. The number of rotatable bonds is 8.